The summed E-state index contributed by atoms with van der Waals surface area (Å²) in [5.74, 6) is 1.37. The lowest BCUT2D eigenvalue weighted by Crippen LogP contribution is -2.51. The predicted octanol–water partition coefficient (Wildman–Crippen LogP) is 3.80. The van der Waals surface area contributed by atoms with Crippen LogP contribution < -0.4 is 11.1 Å². The Morgan fingerprint density at radius 3 is 2.38 bits per heavy atom. The van der Waals surface area contributed by atoms with Crippen LogP contribution >= 0.6 is 36.2 Å². The third-order valence-corrected chi connectivity index (χ3v) is 6.61. The van der Waals surface area contributed by atoms with Crippen LogP contribution in [0, 0.1) is 24.7 Å². The fourth-order valence-electron chi connectivity index (χ4n) is 4.11. The number of nitrogens with two attached hydrogens (primary N) is 1. The largest absolute Gasteiger partial charge is 0.344 e. The molecular formula is C17H29Cl2N3OS. The van der Waals surface area contributed by atoms with Crippen molar-refractivity contribution in [1.82, 2.24) is 10.3 Å². The summed E-state index contributed by atoms with van der Waals surface area (Å²) < 4.78 is 0. The molecule has 0 spiro atoms. The van der Waals surface area contributed by atoms with Crippen molar-refractivity contribution in [3.8, 4) is 0 Å². The second kappa shape index (κ2) is 8.35. The van der Waals surface area contributed by atoms with Crippen LogP contribution in [0.15, 0.2) is 6.20 Å². The van der Waals surface area contributed by atoms with Gasteiger partial charge in [-0.25, -0.2) is 4.98 Å². The Bertz CT molecular complexity index is 550. The van der Waals surface area contributed by atoms with E-state index < -0.39 is 5.54 Å². The van der Waals surface area contributed by atoms with Gasteiger partial charge >= 0.3 is 0 Å². The molecule has 0 aliphatic heterocycles. The van der Waals surface area contributed by atoms with Gasteiger partial charge in [0.2, 0.25) is 5.91 Å². The zero-order chi connectivity index (χ0) is 15.9. The summed E-state index contributed by atoms with van der Waals surface area (Å²) in [6.45, 7) is 6.12. The molecule has 138 valence electrons. The molecule has 2 aliphatic rings. The van der Waals surface area contributed by atoms with Gasteiger partial charge in [0, 0.05) is 23.0 Å². The highest BCUT2D eigenvalue weighted by molar-refractivity contribution is 7.11. The topological polar surface area (TPSA) is 68.0 Å². The predicted molar refractivity (Wildman–Crippen MR) is 104 cm³/mol. The summed E-state index contributed by atoms with van der Waals surface area (Å²) in [5.41, 5.74) is 5.93. The highest BCUT2D eigenvalue weighted by atomic mass is 35.5. The number of carbonyl (C=O) groups excluding carboxylic acids is 1. The van der Waals surface area contributed by atoms with Crippen LogP contribution in [-0.4, -0.2) is 16.9 Å². The van der Waals surface area contributed by atoms with Crippen LogP contribution in [0.1, 0.15) is 55.8 Å². The van der Waals surface area contributed by atoms with Gasteiger partial charge in [-0.2, -0.15) is 0 Å². The van der Waals surface area contributed by atoms with Gasteiger partial charge in [-0.1, -0.05) is 6.42 Å². The number of hydrogen-bond donors (Lipinski definition) is 2. The van der Waals surface area contributed by atoms with E-state index in [1.54, 1.807) is 11.3 Å². The summed E-state index contributed by atoms with van der Waals surface area (Å²) >= 11 is 1.65. The number of hydrogen-bond acceptors (Lipinski definition) is 4. The summed E-state index contributed by atoms with van der Waals surface area (Å²) in [6, 6.07) is 0.312. The zero-order valence-electron chi connectivity index (χ0n) is 14.6. The van der Waals surface area contributed by atoms with E-state index in [0.717, 1.165) is 17.8 Å². The lowest BCUT2D eigenvalue weighted by molar-refractivity contribution is -0.129. The number of carbonyl (C=O) groups is 1. The van der Waals surface area contributed by atoms with Gasteiger partial charge < -0.3 is 11.1 Å². The second-order valence-corrected chi connectivity index (χ2v) is 8.82. The van der Waals surface area contributed by atoms with Gasteiger partial charge in [0.25, 0.3) is 0 Å². The zero-order valence-corrected chi connectivity index (χ0v) is 17.0. The second-order valence-electron chi connectivity index (χ2n) is 7.59. The van der Waals surface area contributed by atoms with E-state index in [2.05, 4.69) is 10.3 Å². The van der Waals surface area contributed by atoms with E-state index >= 15 is 0 Å². The number of fused-ring (bicyclic) bond motifs is 2. The van der Waals surface area contributed by atoms with Crippen LogP contribution in [0.4, 0.5) is 0 Å². The molecule has 0 aromatic carbocycles. The maximum atomic E-state index is 12.8. The molecule has 24 heavy (non-hydrogen) atoms. The van der Waals surface area contributed by atoms with Crippen LogP contribution in [0.2, 0.25) is 0 Å². The number of nitrogens with zero attached hydrogens (tertiary/aromatic N) is 1. The molecule has 1 aromatic rings. The molecular weight excluding hydrogens is 365 g/mol. The standard InChI is InChI=1S/C17H27N3OS.2ClH/c1-10-9-19-16(22-10)17(2,3)20-15(21)13-7-11-5-4-6-12(8-13)14(11)18;;/h9,11-14H,4-8,18H2,1-3H3,(H,20,21);2*1H. The summed E-state index contributed by atoms with van der Waals surface area (Å²) in [5, 5.41) is 4.21. The molecule has 7 heteroatoms. The Kier molecular flexibility index (Phi) is 7.54. The number of aryl methyl sites for hydroxylation is 1. The first-order valence-electron chi connectivity index (χ1n) is 8.37. The van der Waals surface area contributed by atoms with Crippen molar-refractivity contribution in [2.75, 3.05) is 0 Å². The molecule has 4 nitrogen and oxygen atoms in total. The van der Waals surface area contributed by atoms with E-state index in [9.17, 15) is 4.79 Å². The highest BCUT2D eigenvalue weighted by Gasteiger charge is 2.41. The minimum absolute atomic E-state index is 0. The molecule has 2 atom stereocenters. The number of rotatable bonds is 3. The number of amides is 1. The van der Waals surface area contributed by atoms with E-state index in [4.69, 9.17) is 5.73 Å². The van der Waals surface area contributed by atoms with Crippen LogP contribution in [0.5, 0.6) is 0 Å². The fraction of sp³-hybridized carbons (Fsp3) is 0.765. The van der Waals surface area contributed by atoms with Crippen molar-refractivity contribution in [3.05, 3.63) is 16.1 Å². The normalized spacial score (nSPS) is 29.2. The number of nitrogens with one attached hydrogen (secondary N) is 1. The lowest BCUT2D eigenvalue weighted by Gasteiger charge is -2.44. The molecule has 2 unspecified atom stereocenters. The van der Waals surface area contributed by atoms with Crippen LogP contribution in [0.25, 0.3) is 0 Å². The van der Waals surface area contributed by atoms with E-state index in [1.165, 1.54) is 24.1 Å². The fourth-order valence-corrected chi connectivity index (χ4v) is 4.93. The van der Waals surface area contributed by atoms with Gasteiger partial charge in [-0.15, -0.1) is 36.2 Å². The van der Waals surface area contributed by atoms with E-state index in [1.807, 2.05) is 27.0 Å². The molecule has 2 fully saturated rings. The maximum Gasteiger partial charge on any atom is 0.223 e. The molecule has 2 bridgehead atoms. The number of thiazole rings is 1. The monoisotopic (exact) mass is 393 g/mol. The Balaban J connectivity index is 0.00000144. The first-order chi connectivity index (χ1) is 10.4. The van der Waals surface area contributed by atoms with Crippen molar-refractivity contribution in [2.24, 2.45) is 23.5 Å². The van der Waals surface area contributed by atoms with Crippen molar-refractivity contribution in [1.29, 1.82) is 0 Å². The van der Waals surface area contributed by atoms with Gasteiger partial charge in [0.1, 0.15) is 5.01 Å². The minimum Gasteiger partial charge on any atom is -0.344 e. The highest BCUT2D eigenvalue weighted by Crippen LogP contribution is 2.42. The molecule has 3 rings (SSSR count). The Labute approximate surface area is 161 Å². The van der Waals surface area contributed by atoms with Gasteiger partial charge in [-0.3, -0.25) is 4.79 Å². The average molecular weight is 394 g/mol. The molecule has 1 heterocycles. The SMILES string of the molecule is Cc1cnc(C(C)(C)NC(=O)C2CC3CCCC(C2)C3N)s1.Cl.Cl. The smallest absolute Gasteiger partial charge is 0.223 e. The summed E-state index contributed by atoms with van der Waals surface area (Å²) in [4.78, 5) is 18.4. The first kappa shape index (κ1) is 21.7. The van der Waals surface area contributed by atoms with E-state index in [0.29, 0.717) is 17.9 Å². The Morgan fingerprint density at radius 1 is 1.29 bits per heavy atom. The molecule has 2 saturated carbocycles. The van der Waals surface area contributed by atoms with Gasteiger partial charge in [-0.05, 0) is 58.3 Å². The minimum atomic E-state index is -0.398. The van der Waals surface area contributed by atoms with Crippen molar-refractivity contribution < 1.29 is 4.79 Å². The maximum absolute atomic E-state index is 12.8. The van der Waals surface area contributed by atoms with Crippen molar-refractivity contribution >= 4 is 42.1 Å². The molecule has 3 N–H and O–H groups in total. The molecule has 1 aromatic heterocycles. The summed E-state index contributed by atoms with van der Waals surface area (Å²) in [6.07, 6.45) is 7.44. The third kappa shape index (κ3) is 4.43. The first-order valence-corrected chi connectivity index (χ1v) is 9.19. The summed E-state index contributed by atoms with van der Waals surface area (Å²) in [7, 11) is 0. The Hall–Kier alpha value is -0.360. The van der Waals surface area contributed by atoms with Gasteiger partial charge in [0.15, 0.2) is 0 Å². The molecule has 2 aliphatic carbocycles. The van der Waals surface area contributed by atoms with Crippen molar-refractivity contribution in [3.63, 3.8) is 0 Å². The van der Waals surface area contributed by atoms with E-state index in [-0.39, 0.29) is 36.6 Å². The number of halogens is 2. The van der Waals surface area contributed by atoms with Gasteiger partial charge in [0.05, 0.1) is 5.54 Å². The quantitative estimate of drug-likeness (QED) is 0.820. The third-order valence-electron chi connectivity index (χ3n) is 5.38. The lowest BCUT2D eigenvalue weighted by atomic mass is 9.65. The Morgan fingerprint density at radius 2 is 1.88 bits per heavy atom. The molecule has 0 saturated heterocycles. The average Bonchev–Trinajstić information content (AvgIpc) is 2.85. The molecule has 1 amide bonds. The van der Waals surface area contributed by atoms with Crippen molar-refractivity contribution in [2.45, 2.75) is 64.5 Å². The van der Waals surface area contributed by atoms with Crippen LogP contribution in [0.3, 0.4) is 0 Å². The number of aromatic nitrogens is 1. The molecule has 0 radical (unpaired) electrons. The van der Waals surface area contributed by atoms with Crippen LogP contribution in [-0.2, 0) is 10.3 Å².